The van der Waals surface area contributed by atoms with Crippen molar-refractivity contribution in [3.8, 4) is 5.75 Å². The second kappa shape index (κ2) is 6.41. The summed E-state index contributed by atoms with van der Waals surface area (Å²) in [5.74, 6) is 0.187. The van der Waals surface area contributed by atoms with Gasteiger partial charge in [-0.15, -0.1) is 0 Å². The molecular formula is C12H17ClO4S. The summed E-state index contributed by atoms with van der Waals surface area (Å²) >= 11 is 6.13. The van der Waals surface area contributed by atoms with Gasteiger partial charge in [0.2, 0.25) is 0 Å². The molecule has 102 valence electrons. The highest BCUT2D eigenvalue weighted by Crippen LogP contribution is 2.35. The Labute approximate surface area is 112 Å². The highest BCUT2D eigenvalue weighted by molar-refractivity contribution is 7.90. The van der Waals surface area contributed by atoms with E-state index in [0.29, 0.717) is 18.6 Å². The van der Waals surface area contributed by atoms with E-state index >= 15 is 0 Å². The third kappa shape index (κ3) is 3.60. The summed E-state index contributed by atoms with van der Waals surface area (Å²) in [6, 6.07) is 3.07. The van der Waals surface area contributed by atoms with Crippen molar-refractivity contribution in [2.45, 2.75) is 24.7 Å². The summed E-state index contributed by atoms with van der Waals surface area (Å²) in [7, 11) is -3.39. The predicted octanol–water partition coefficient (Wildman–Crippen LogP) is 2.07. The molecule has 0 aliphatic carbocycles. The molecule has 1 aromatic rings. The van der Waals surface area contributed by atoms with E-state index in [2.05, 4.69) is 0 Å². The molecule has 0 amide bonds. The van der Waals surface area contributed by atoms with Gasteiger partial charge < -0.3 is 9.84 Å². The lowest BCUT2D eigenvalue weighted by atomic mass is 10.1. The second-order valence-corrected chi connectivity index (χ2v) is 6.32. The molecule has 0 heterocycles. The molecule has 0 aliphatic rings. The minimum Gasteiger partial charge on any atom is -0.491 e. The fraction of sp³-hybridized carbons (Fsp3) is 0.500. The van der Waals surface area contributed by atoms with Crippen molar-refractivity contribution in [1.82, 2.24) is 0 Å². The molecule has 0 saturated heterocycles. The number of ether oxygens (including phenoxy) is 1. The van der Waals surface area contributed by atoms with Crippen LogP contribution in [-0.4, -0.2) is 33.0 Å². The van der Waals surface area contributed by atoms with Gasteiger partial charge in [0.15, 0.2) is 15.6 Å². The normalized spacial score (nSPS) is 11.6. The molecule has 1 N–H and O–H groups in total. The van der Waals surface area contributed by atoms with Crippen molar-refractivity contribution in [1.29, 1.82) is 0 Å². The summed E-state index contributed by atoms with van der Waals surface area (Å²) in [6.07, 6.45) is 2.23. The highest BCUT2D eigenvalue weighted by atomic mass is 35.5. The monoisotopic (exact) mass is 292 g/mol. The Kier molecular flexibility index (Phi) is 5.44. The number of benzene rings is 1. The topological polar surface area (TPSA) is 63.6 Å². The molecule has 1 rings (SSSR count). The van der Waals surface area contributed by atoms with Gasteiger partial charge in [-0.2, -0.15) is 0 Å². The van der Waals surface area contributed by atoms with Gasteiger partial charge >= 0.3 is 0 Å². The average Bonchev–Trinajstić information content (AvgIpc) is 2.28. The van der Waals surface area contributed by atoms with E-state index in [1.54, 1.807) is 6.07 Å². The third-order valence-corrected chi connectivity index (χ3v) is 3.91. The van der Waals surface area contributed by atoms with Crippen LogP contribution in [0.25, 0.3) is 0 Å². The summed E-state index contributed by atoms with van der Waals surface area (Å²) in [4.78, 5) is 0.0858. The van der Waals surface area contributed by atoms with Crippen molar-refractivity contribution in [3.63, 3.8) is 0 Å². The van der Waals surface area contributed by atoms with Crippen molar-refractivity contribution >= 4 is 21.4 Å². The molecule has 0 spiro atoms. The van der Waals surface area contributed by atoms with E-state index in [1.165, 1.54) is 6.07 Å². The van der Waals surface area contributed by atoms with Crippen LogP contribution in [0.4, 0.5) is 0 Å². The predicted molar refractivity (Wildman–Crippen MR) is 71.1 cm³/mol. The van der Waals surface area contributed by atoms with E-state index in [4.69, 9.17) is 21.4 Å². The Morgan fingerprint density at radius 2 is 2.06 bits per heavy atom. The smallest absolute Gasteiger partial charge is 0.179 e. The lowest BCUT2D eigenvalue weighted by Crippen LogP contribution is -2.06. The Morgan fingerprint density at radius 3 is 2.56 bits per heavy atom. The SMILES string of the molecule is CCCOc1c(S(C)(=O)=O)ccc(CCO)c1Cl. The lowest BCUT2D eigenvalue weighted by molar-refractivity contribution is 0.297. The molecule has 6 heteroatoms. The van der Waals surface area contributed by atoms with Gasteiger partial charge in [0.25, 0.3) is 0 Å². The standard InChI is InChI=1S/C12H17ClO4S/c1-3-8-17-12-10(18(2,15)16)5-4-9(6-7-14)11(12)13/h4-5,14H,3,6-8H2,1-2H3. The van der Waals surface area contributed by atoms with Crippen molar-refractivity contribution in [2.75, 3.05) is 19.5 Å². The molecule has 4 nitrogen and oxygen atoms in total. The van der Waals surface area contributed by atoms with Crippen LogP contribution in [0.5, 0.6) is 5.75 Å². The number of aliphatic hydroxyl groups is 1. The van der Waals surface area contributed by atoms with E-state index < -0.39 is 9.84 Å². The lowest BCUT2D eigenvalue weighted by Gasteiger charge is -2.14. The van der Waals surface area contributed by atoms with Gasteiger partial charge in [-0.05, 0) is 24.5 Å². The largest absolute Gasteiger partial charge is 0.491 e. The van der Waals surface area contributed by atoms with Crippen molar-refractivity contribution in [3.05, 3.63) is 22.7 Å². The van der Waals surface area contributed by atoms with Crippen LogP contribution in [0.15, 0.2) is 17.0 Å². The van der Waals surface area contributed by atoms with Gasteiger partial charge in [0.1, 0.15) is 4.90 Å². The van der Waals surface area contributed by atoms with Crippen molar-refractivity contribution in [2.24, 2.45) is 0 Å². The minimum absolute atomic E-state index is 0.0504. The van der Waals surface area contributed by atoms with Crippen LogP contribution in [-0.2, 0) is 16.3 Å². The number of sulfone groups is 1. The quantitative estimate of drug-likeness (QED) is 0.872. The maximum Gasteiger partial charge on any atom is 0.179 e. The highest BCUT2D eigenvalue weighted by Gasteiger charge is 2.19. The number of aliphatic hydroxyl groups excluding tert-OH is 1. The average molecular weight is 293 g/mol. The van der Waals surface area contributed by atoms with Crippen LogP contribution >= 0.6 is 11.6 Å². The summed E-state index contributed by atoms with van der Waals surface area (Å²) in [5.41, 5.74) is 0.678. The molecule has 0 aromatic heterocycles. The van der Waals surface area contributed by atoms with Gasteiger partial charge in [0, 0.05) is 12.9 Å². The number of halogens is 1. The van der Waals surface area contributed by atoms with Gasteiger partial charge in [-0.25, -0.2) is 8.42 Å². The first kappa shape index (κ1) is 15.3. The zero-order chi connectivity index (χ0) is 13.8. The fourth-order valence-corrected chi connectivity index (χ4v) is 2.71. The Balaban J connectivity index is 3.32. The minimum atomic E-state index is -3.39. The first-order valence-electron chi connectivity index (χ1n) is 5.67. The zero-order valence-corrected chi connectivity index (χ0v) is 12.0. The molecule has 0 fully saturated rings. The van der Waals surface area contributed by atoms with Gasteiger partial charge in [-0.1, -0.05) is 24.6 Å². The molecule has 0 saturated carbocycles. The molecule has 0 atom stereocenters. The van der Waals surface area contributed by atoms with Crippen LogP contribution in [0.1, 0.15) is 18.9 Å². The number of hydrogen-bond donors (Lipinski definition) is 1. The molecule has 0 aliphatic heterocycles. The zero-order valence-electron chi connectivity index (χ0n) is 10.4. The Hall–Kier alpha value is -0.780. The van der Waals surface area contributed by atoms with Gasteiger partial charge in [0.05, 0.1) is 11.6 Å². The number of hydrogen-bond acceptors (Lipinski definition) is 4. The summed E-state index contributed by atoms with van der Waals surface area (Å²) in [5, 5.41) is 9.19. The van der Waals surface area contributed by atoms with Crippen LogP contribution in [0.2, 0.25) is 5.02 Å². The first-order valence-corrected chi connectivity index (χ1v) is 7.93. The molecule has 1 aromatic carbocycles. The molecule has 18 heavy (non-hydrogen) atoms. The van der Waals surface area contributed by atoms with Crippen LogP contribution in [0.3, 0.4) is 0 Å². The molecule has 0 bridgehead atoms. The van der Waals surface area contributed by atoms with Crippen LogP contribution in [0, 0.1) is 0 Å². The first-order chi connectivity index (χ1) is 8.41. The second-order valence-electron chi connectivity index (χ2n) is 3.96. The summed E-state index contributed by atoms with van der Waals surface area (Å²) in [6.45, 7) is 2.27. The Morgan fingerprint density at radius 1 is 1.39 bits per heavy atom. The molecular weight excluding hydrogens is 276 g/mol. The fourth-order valence-electron chi connectivity index (χ4n) is 1.52. The maximum atomic E-state index is 11.7. The van der Waals surface area contributed by atoms with Crippen molar-refractivity contribution < 1.29 is 18.3 Å². The van der Waals surface area contributed by atoms with Crippen LogP contribution < -0.4 is 4.74 Å². The van der Waals surface area contributed by atoms with Gasteiger partial charge in [-0.3, -0.25) is 0 Å². The van der Waals surface area contributed by atoms with E-state index in [0.717, 1.165) is 12.7 Å². The maximum absolute atomic E-state index is 11.7. The van der Waals surface area contributed by atoms with E-state index in [1.807, 2.05) is 6.92 Å². The third-order valence-electron chi connectivity index (χ3n) is 2.37. The van der Waals surface area contributed by atoms with E-state index in [9.17, 15) is 8.42 Å². The number of rotatable bonds is 6. The van der Waals surface area contributed by atoms with E-state index in [-0.39, 0.29) is 22.3 Å². The molecule has 0 radical (unpaired) electrons. The molecule has 0 unspecified atom stereocenters. The Bertz CT molecular complexity index is 511. The summed E-state index contributed by atoms with van der Waals surface area (Å²) < 4.78 is 28.7.